The quantitative estimate of drug-likeness (QED) is 0.668. The van der Waals surface area contributed by atoms with Crippen molar-refractivity contribution in [3.05, 3.63) is 82.6 Å². The fourth-order valence-electron chi connectivity index (χ4n) is 3.45. The smallest absolute Gasteiger partial charge is 0.338 e. The molecule has 7 nitrogen and oxygen atoms in total. The monoisotopic (exact) mass is 389 g/mol. The first kappa shape index (κ1) is 18.9. The van der Waals surface area contributed by atoms with Crippen molar-refractivity contribution in [1.82, 2.24) is 20.2 Å². The van der Waals surface area contributed by atoms with Crippen LogP contribution in [0, 0.1) is 0 Å². The highest BCUT2D eigenvalue weighted by atomic mass is 16.5. The van der Waals surface area contributed by atoms with Gasteiger partial charge in [-0.1, -0.05) is 73.5 Å². The minimum atomic E-state index is -0.453. The van der Waals surface area contributed by atoms with Crippen LogP contribution in [-0.2, 0) is 16.1 Å². The second-order valence-electron chi connectivity index (χ2n) is 7.40. The van der Waals surface area contributed by atoms with E-state index < -0.39 is 12.0 Å². The molecule has 2 heterocycles. The summed E-state index contributed by atoms with van der Waals surface area (Å²) < 4.78 is 7.25. The molecule has 0 bridgehead atoms. The number of esters is 1. The molecular weight excluding hydrogens is 366 g/mol. The van der Waals surface area contributed by atoms with Gasteiger partial charge in [-0.05, 0) is 40.0 Å². The number of carbonyl (C=O) groups is 1. The Labute approximate surface area is 169 Å². The highest BCUT2D eigenvalue weighted by Crippen LogP contribution is 2.35. The molecule has 1 N–H and O–H groups in total. The van der Waals surface area contributed by atoms with Gasteiger partial charge in [-0.2, -0.15) is 4.68 Å². The topological polar surface area (TPSA) is 81.9 Å². The summed E-state index contributed by atoms with van der Waals surface area (Å²) >= 11 is 0. The highest BCUT2D eigenvalue weighted by Gasteiger charge is 2.35. The molecule has 0 spiro atoms. The molecule has 4 rings (SSSR count). The van der Waals surface area contributed by atoms with E-state index in [0.29, 0.717) is 23.1 Å². The number of hydrogen-bond acceptors (Lipinski definition) is 6. The molecule has 0 amide bonds. The Morgan fingerprint density at radius 1 is 1.14 bits per heavy atom. The van der Waals surface area contributed by atoms with Gasteiger partial charge < -0.3 is 10.1 Å². The average molecular weight is 389 g/mol. The summed E-state index contributed by atoms with van der Waals surface area (Å²) in [4.78, 5) is 13.1. The predicted octanol–water partition coefficient (Wildman–Crippen LogP) is 3.83. The van der Waals surface area contributed by atoms with E-state index in [4.69, 9.17) is 4.74 Å². The average Bonchev–Trinajstić information content (AvgIpc) is 3.20. The van der Waals surface area contributed by atoms with E-state index in [1.54, 1.807) is 4.68 Å². The fourth-order valence-corrected chi connectivity index (χ4v) is 3.45. The number of allylic oxidation sites excluding steroid dienone is 1. The fraction of sp³-hybridized carbons (Fsp3) is 0.273. The van der Waals surface area contributed by atoms with Crippen molar-refractivity contribution in [3.63, 3.8) is 0 Å². The molecule has 0 saturated heterocycles. The largest absolute Gasteiger partial charge is 0.457 e. The summed E-state index contributed by atoms with van der Waals surface area (Å²) in [7, 11) is 0. The summed E-state index contributed by atoms with van der Waals surface area (Å²) in [5, 5.41) is 15.0. The zero-order valence-electron chi connectivity index (χ0n) is 16.7. The Hall–Kier alpha value is -3.48. The number of aromatic nitrogens is 4. The van der Waals surface area contributed by atoms with Crippen LogP contribution in [0.2, 0.25) is 0 Å². The van der Waals surface area contributed by atoms with Crippen molar-refractivity contribution in [2.75, 3.05) is 5.32 Å². The van der Waals surface area contributed by atoms with Gasteiger partial charge in [0, 0.05) is 5.70 Å². The maximum absolute atomic E-state index is 13.1. The molecule has 1 aliphatic rings. The summed E-state index contributed by atoms with van der Waals surface area (Å²) in [6.07, 6.45) is 0. The van der Waals surface area contributed by atoms with Crippen LogP contribution in [0.5, 0.6) is 0 Å². The summed E-state index contributed by atoms with van der Waals surface area (Å²) in [5.74, 6) is 0.534. The lowest BCUT2D eigenvalue weighted by Crippen LogP contribution is -2.29. The van der Waals surface area contributed by atoms with E-state index in [9.17, 15) is 4.79 Å². The number of nitrogens with one attached hydrogen (secondary N) is 1. The number of tetrazole rings is 1. The van der Waals surface area contributed by atoms with Crippen molar-refractivity contribution in [2.24, 2.45) is 0 Å². The molecule has 3 aromatic rings. The van der Waals surface area contributed by atoms with Gasteiger partial charge in [0.05, 0.1) is 5.57 Å². The van der Waals surface area contributed by atoms with Gasteiger partial charge in [-0.25, -0.2) is 4.79 Å². The first-order valence-corrected chi connectivity index (χ1v) is 9.61. The molecule has 0 radical (unpaired) electrons. The van der Waals surface area contributed by atoms with E-state index in [1.165, 1.54) is 5.56 Å². The standard InChI is InChI=1S/C22H23N5O2/c1-14(2)17-9-11-18(12-10-17)20-19(15(3)23-22-24-25-26-27(20)22)21(28)29-13-16-7-5-4-6-8-16/h4-12,14,20H,13H2,1-3H3,(H,23,24,26). The second kappa shape index (κ2) is 7.87. The number of nitrogens with zero attached hydrogens (tertiary/aromatic N) is 4. The number of benzene rings is 2. The van der Waals surface area contributed by atoms with E-state index >= 15 is 0 Å². The van der Waals surface area contributed by atoms with Crippen molar-refractivity contribution in [2.45, 2.75) is 39.3 Å². The molecular formula is C22H23N5O2. The van der Waals surface area contributed by atoms with Crippen molar-refractivity contribution < 1.29 is 9.53 Å². The minimum absolute atomic E-state index is 0.206. The van der Waals surface area contributed by atoms with Crippen LogP contribution in [0.3, 0.4) is 0 Å². The lowest BCUT2D eigenvalue weighted by molar-refractivity contribution is -0.140. The van der Waals surface area contributed by atoms with Crippen LogP contribution >= 0.6 is 0 Å². The number of carbonyl (C=O) groups excluding carboxylic acids is 1. The number of ether oxygens (including phenoxy) is 1. The SMILES string of the molecule is CC1=C(C(=O)OCc2ccccc2)C(c2ccc(C(C)C)cc2)n2nnnc2N1. The van der Waals surface area contributed by atoms with Crippen molar-refractivity contribution in [3.8, 4) is 0 Å². The molecule has 29 heavy (non-hydrogen) atoms. The van der Waals surface area contributed by atoms with Crippen LogP contribution in [0.25, 0.3) is 0 Å². The zero-order chi connectivity index (χ0) is 20.4. The van der Waals surface area contributed by atoms with Gasteiger partial charge in [0.25, 0.3) is 0 Å². The molecule has 7 heteroatoms. The summed E-state index contributed by atoms with van der Waals surface area (Å²) in [6, 6.07) is 17.4. The van der Waals surface area contributed by atoms with Crippen LogP contribution < -0.4 is 5.32 Å². The third kappa shape index (κ3) is 3.76. The first-order chi connectivity index (χ1) is 14.0. The molecule has 0 fully saturated rings. The van der Waals surface area contributed by atoms with Gasteiger partial charge in [-0.15, -0.1) is 0 Å². The normalized spacial score (nSPS) is 15.8. The third-order valence-corrected chi connectivity index (χ3v) is 5.07. The summed E-state index contributed by atoms with van der Waals surface area (Å²) in [6.45, 7) is 6.34. The van der Waals surface area contributed by atoms with E-state index in [0.717, 1.165) is 11.1 Å². The number of rotatable bonds is 5. The highest BCUT2D eigenvalue weighted by molar-refractivity contribution is 5.92. The Morgan fingerprint density at radius 2 is 1.86 bits per heavy atom. The van der Waals surface area contributed by atoms with E-state index in [-0.39, 0.29) is 6.61 Å². The lowest BCUT2D eigenvalue weighted by Gasteiger charge is -2.27. The summed E-state index contributed by atoms with van der Waals surface area (Å²) in [5.41, 5.74) is 4.27. The number of hydrogen-bond donors (Lipinski definition) is 1. The van der Waals surface area contributed by atoms with E-state index in [1.807, 2.05) is 49.4 Å². The second-order valence-corrected chi connectivity index (χ2v) is 7.40. The van der Waals surface area contributed by atoms with Crippen LogP contribution in [0.15, 0.2) is 65.9 Å². The van der Waals surface area contributed by atoms with Crippen LogP contribution in [0.4, 0.5) is 5.95 Å². The van der Waals surface area contributed by atoms with Crippen LogP contribution in [0.1, 0.15) is 49.4 Å². The Balaban J connectivity index is 1.67. The Kier molecular flexibility index (Phi) is 5.12. The lowest BCUT2D eigenvalue weighted by atomic mass is 9.93. The molecule has 148 valence electrons. The molecule has 1 unspecified atom stereocenters. The molecule has 1 atom stereocenters. The van der Waals surface area contributed by atoms with Gasteiger partial charge >= 0.3 is 5.97 Å². The van der Waals surface area contributed by atoms with E-state index in [2.05, 4.69) is 46.8 Å². The number of anilines is 1. The van der Waals surface area contributed by atoms with Gasteiger partial charge in [-0.3, -0.25) is 0 Å². The Bertz CT molecular complexity index is 1040. The Morgan fingerprint density at radius 3 is 2.55 bits per heavy atom. The van der Waals surface area contributed by atoms with Gasteiger partial charge in [0.15, 0.2) is 0 Å². The van der Waals surface area contributed by atoms with Crippen LogP contribution in [-0.4, -0.2) is 26.2 Å². The zero-order valence-corrected chi connectivity index (χ0v) is 16.7. The van der Waals surface area contributed by atoms with Gasteiger partial charge in [0.2, 0.25) is 5.95 Å². The number of fused-ring (bicyclic) bond motifs is 1. The molecule has 0 aliphatic carbocycles. The third-order valence-electron chi connectivity index (χ3n) is 5.07. The molecule has 1 aliphatic heterocycles. The molecule has 2 aromatic carbocycles. The van der Waals surface area contributed by atoms with Gasteiger partial charge in [0.1, 0.15) is 12.6 Å². The molecule has 1 aromatic heterocycles. The maximum atomic E-state index is 13.1. The van der Waals surface area contributed by atoms with Crippen molar-refractivity contribution >= 4 is 11.9 Å². The first-order valence-electron chi connectivity index (χ1n) is 9.61. The minimum Gasteiger partial charge on any atom is -0.457 e. The molecule has 0 saturated carbocycles. The van der Waals surface area contributed by atoms with Crippen molar-refractivity contribution in [1.29, 1.82) is 0 Å². The maximum Gasteiger partial charge on any atom is 0.338 e. The predicted molar refractivity (Wildman–Crippen MR) is 109 cm³/mol.